The quantitative estimate of drug-likeness (QED) is 0.612. The number of urea groups is 1. The lowest BCUT2D eigenvalue weighted by Gasteiger charge is -2.59. The summed E-state index contributed by atoms with van der Waals surface area (Å²) in [6.45, 7) is 5.74. The van der Waals surface area contributed by atoms with Crippen LogP contribution >= 0.6 is 0 Å². The van der Waals surface area contributed by atoms with Crippen molar-refractivity contribution in [2.45, 2.75) is 83.7 Å². The molecule has 6 heteroatoms. The van der Waals surface area contributed by atoms with Crippen LogP contribution in [-0.4, -0.2) is 35.3 Å². The number of hydrogen-bond acceptors (Lipinski definition) is 3. The second-order valence-electron chi connectivity index (χ2n) is 11.5. The zero-order chi connectivity index (χ0) is 23.4. The van der Waals surface area contributed by atoms with Crippen LogP contribution in [0.25, 0.3) is 0 Å². The average Bonchev–Trinajstić information content (AvgIpc) is 2.97. The van der Waals surface area contributed by atoms with Gasteiger partial charge in [-0.15, -0.1) is 0 Å². The molecule has 2 atom stereocenters. The number of imide groups is 1. The molecule has 4 aliphatic carbocycles. The zero-order valence-corrected chi connectivity index (χ0v) is 20.2. The van der Waals surface area contributed by atoms with Crippen molar-refractivity contribution in [3.05, 3.63) is 35.4 Å². The lowest BCUT2D eigenvalue weighted by Crippen LogP contribution is -2.57. The van der Waals surface area contributed by atoms with Crippen LogP contribution in [0, 0.1) is 23.2 Å². The molecule has 1 saturated heterocycles. The molecule has 0 unspecified atom stereocenters. The fourth-order valence-electron chi connectivity index (χ4n) is 7.62. The number of carbonyl (C=O) groups excluding carboxylic acids is 3. The molecule has 1 aliphatic heterocycles. The third-order valence-corrected chi connectivity index (χ3v) is 9.03. The minimum absolute atomic E-state index is 0.0664. The van der Waals surface area contributed by atoms with Gasteiger partial charge in [-0.3, -0.25) is 14.5 Å². The minimum Gasteiger partial charge on any atom is -0.352 e. The van der Waals surface area contributed by atoms with Crippen LogP contribution in [0.4, 0.5) is 4.79 Å². The van der Waals surface area contributed by atoms with E-state index in [1.54, 1.807) is 6.92 Å². The summed E-state index contributed by atoms with van der Waals surface area (Å²) in [4.78, 5) is 40.0. The van der Waals surface area contributed by atoms with Gasteiger partial charge < -0.3 is 10.6 Å². The van der Waals surface area contributed by atoms with Gasteiger partial charge in [-0.25, -0.2) is 4.79 Å². The van der Waals surface area contributed by atoms with E-state index in [9.17, 15) is 14.4 Å². The lowest BCUT2D eigenvalue weighted by atomic mass is 9.48. The molecule has 4 bridgehead atoms. The molecule has 6 nitrogen and oxygen atoms in total. The van der Waals surface area contributed by atoms with Crippen molar-refractivity contribution in [2.24, 2.45) is 23.2 Å². The molecule has 33 heavy (non-hydrogen) atoms. The fourth-order valence-corrected chi connectivity index (χ4v) is 7.62. The second-order valence-corrected chi connectivity index (χ2v) is 11.5. The summed E-state index contributed by atoms with van der Waals surface area (Å²) in [6.07, 6.45) is 9.73. The van der Waals surface area contributed by atoms with Crippen LogP contribution in [0.3, 0.4) is 0 Å². The first-order valence-electron chi connectivity index (χ1n) is 12.8. The van der Waals surface area contributed by atoms with Crippen molar-refractivity contribution in [3.63, 3.8) is 0 Å². The molecule has 6 rings (SSSR count). The molecular weight excluding hydrogens is 414 g/mol. The van der Waals surface area contributed by atoms with Crippen LogP contribution in [0.1, 0.15) is 76.8 Å². The summed E-state index contributed by atoms with van der Waals surface area (Å²) >= 11 is 0. The van der Waals surface area contributed by atoms with E-state index in [1.807, 2.05) is 24.3 Å². The van der Waals surface area contributed by atoms with E-state index in [2.05, 4.69) is 24.5 Å². The van der Waals surface area contributed by atoms with Crippen molar-refractivity contribution in [1.29, 1.82) is 0 Å². The summed E-state index contributed by atoms with van der Waals surface area (Å²) in [5, 5.41) is 6.00. The highest BCUT2D eigenvalue weighted by Crippen LogP contribution is 2.61. The van der Waals surface area contributed by atoms with E-state index < -0.39 is 11.6 Å². The summed E-state index contributed by atoms with van der Waals surface area (Å²) in [6, 6.07) is 7.39. The Morgan fingerprint density at radius 1 is 1.09 bits per heavy atom. The van der Waals surface area contributed by atoms with E-state index >= 15 is 0 Å². The maximum absolute atomic E-state index is 13.3. The Hall–Kier alpha value is -2.37. The number of carbonyl (C=O) groups is 3. The molecule has 4 amide bonds. The topological polar surface area (TPSA) is 78.5 Å². The summed E-state index contributed by atoms with van der Waals surface area (Å²) in [7, 11) is 0. The fraction of sp³-hybridized carbons (Fsp3) is 0.667. The van der Waals surface area contributed by atoms with Gasteiger partial charge in [0.1, 0.15) is 12.1 Å². The normalized spacial score (nSPS) is 35.6. The highest BCUT2D eigenvalue weighted by Gasteiger charge is 2.54. The smallest absolute Gasteiger partial charge is 0.325 e. The Labute approximate surface area is 196 Å². The van der Waals surface area contributed by atoms with Crippen molar-refractivity contribution < 1.29 is 14.4 Å². The van der Waals surface area contributed by atoms with Crippen LogP contribution < -0.4 is 10.6 Å². The summed E-state index contributed by atoms with van der Waals surface area (Å²) < 4.78 is 0. The number of nitrogens with zero attached hydrogens (tertiary/aromatic N) is 1. The molecule has 0 radical (unpaired) electrons. The molecule has 0 aromatic heterocycles. The predicted octanol–water partition coefficient (Wildman–Crippen LogP) is 4.13. The SMILES string of the molecule is CCCc1ccc([C@@]2(C)NC(=O)N(CC(=O)N[C@@H](C)C34CC5CC(CC(C5)C3)C4)C2=O)cc1. The van der Waals surface area contributed by atoms with Crippen molar-refractivity contribution >= 4 is 17.8 Å². The Morgan fingerprint density at radius 2 is 1.67 bits per heavy atom. The largest absolute Gasteiger partial charge is 0.352 e. The van der Waals surface area contributed by atoms with Gasteiger partial charge in [-0.2, -0.15) is 0 Å². The van der Waals surface area contributed by atoms with Gasteiger partial charge in [-0.1, -0.05) is 37.6 Å². The number of nitrogens with one attached hydrogen (secondary N) is 2. The van der Waals surface area contributed by atoms with E-state index in [-0.39, 0.29) is 29.8 Å². The van der Waals surface area contributed by atoms with Gasteiger partial charge >= 0.3 is 6.03 Å². The first kappa shape index (κ1) is 22.4. The van der Waals surface area contributed by atoms with Gasteiger partial charge in [0, 0.05) is 6.04 Å². The van der Waals surface area contributed by atoms with Gasteiger partial charge in [-0.05, 0) is 93.1 Å². The number of aryl methyl sites for hydroxylation is 1. The molecule has 5 fully saturated rings. The van der Waals surface area contributed by atoms with Gasteiger partial charge in [0.2, 0.25) is 5.91 Å². The van der Waals surface area contributed by atoms with E-state index in [0.29, 0.717) is 0 Å². The molecule has 1 aromatic rings. The minimum atomic E-state index is -1.15. The third kappa shape index (κ3) is 3.85. The summed E-state index contributed by atoms with van der Waals surface area (Å²) in [5.74, 6) is 1.82. The van der Waals surface area contributed by atoms with Crippen LogP contribution in [0.5, 0.6) is 0 Å². The second kappa shape index (κ2) is 8.14. The van der Waals surface area contributed by atoms with Gasteiger partial charge in [0.25, 0.3) is 5.91 Å². The molecule has 1 aromatic carbocycles. The zero-order valence-electron chi connectivity index (χ0n) is 20.2. The highest BCUT2D eigenvalue weighted by molar-refractivity contribution is 6.09. The van der Waals surface area contributed by atoms with Crippen LogP contribution in [-0.2, 0) is 21.5 Å². The molecule has 5 aliphatic rings. The molecule has 178 valence electrons. The summed E-state index contributed by atoms with van der Waals surface area (Å²) in [5.41, 5.74) is 0.992. The Morgan fingerprint density at radius 3 is 2.21 bits per heavy atom. The molecule has 0 spiro atoms. The number of rotatable bonds is 7. The maximum atomic E-state index is 13.3. The van der Waals surface area contributed by atoms with E-state index in [0.717, 1.165) is 41.1 Å². The van der Waals surface area contributed by atoms with Crippen molar-refractivity contribution in [3.8, 4) is 0 Å². The van der Waals surface area contributed by atoms with Crippen molar-refractivity contribution in [1.82, 2.24) is 15.5 Å². The van der Waals surface area contributed by atoms with Crippen LogP contribution in [0.2, 0.25) is 0 Å². The standard InChI is InChI=1S/C27H37N3O3/c1-4-5-18-6-8-22(9-7-18)26(3)24(32)30(25(33)29-26)16-23(31)28-17(2)27-13-19-10-20(14-27)12-21(11-19)15-27/h6-9,17,19-21H,4-5,10-16H2,1-3H3,(H,28,31)(H,29,33)/t17-,19?,20?,21?,26+,27?/m0/s1. The number of benzene rings is 1. The number of amides is 4. The van der Waals surface area contributed by atoms with Crippen LogP contribution in [0.15, 0.2) is 24.3 Å². The van der Waals surface area contributed by atoms with Crippen molar-refractivity contribution in [2.75, 3.05) is 6.54 Å². The Bertz CT molecular complexity index is 921. The average molecular weight is 452 g/mol. The number of hydrogen-bond donors (Lipinski definition) is 2. The Kier molecular flexibility index (Phi) is 5.53. The molecule has 4 saturated carbocycles. The molecule has 2 N–H and O–H groups in total. The predicted molar refractivity (Wildman–Crippen MR) is 126 cm³/mol. The monoisotopic (exact) mass is 451 g/mol. The third-order valence-electron chi connectivity index (χ3n) is 9.03. The molecular formula is C27H37N3O3. The van der Waals surface area contributed by atoms with Gasteiger partial charge in [0.05, 0.1) is 0 Å². The maximum Gasteiger partial charge on any atom is 0.325 e. The Balaban J connectivity index is 1.24. The first-order valence-corrected chi connectivity index (χ1v) is 12.8. The lowest BCUT2D eigenvalue weighted by molar-refractivity contribution is -0.136. The molecule has 1 heterocycles. The van der Waals surface area contributed by atoms with E-state index in [1.165, 1.54) is 44.1 Å². The van der Waals surface area contributed by atoms with Gasteiger partial charge in [0.15, 0.2) is 0 Å². The first-order chi connectivity index (χ1) is 15.7. The van der Waals surface area contributed by atoms with E-state index in [4.69, 9.17) is 0 Å². The highest BCUT2D eigenvalue weighted by atomic mass is 16.2.